The zero-order valence-electron chi connectivity index (χ0n) is 15.1. The summed E-state index contributed by atoms with van der Waals surface area (Å²) >= 11 is 0. The Morgan fingerprint density at radius 3 is 2.96 bits per heavy atom. The standard InChI is InChI=1S/C19H19FN6O2/c20-19(4-6-28-10-19)15-3-5-22-18(24-15)26-14-7-12(8-16(21)27)23-9-13(14)17(25-26)11-1-2-11/h3,5,7,9,11H,1-2,4,6,8,10H2,(H2,21,27). The summed E-state index contributed by atoms with van der Waals surface area (Å²) in [6.07, 6.45) is 5.69. The second-order valence-corrected chi connectivity index (χ2v) is 7.42. The molecule has 4 heterocycles. The Bertz CT molecular complexity index is 1070. The highest BCUT2D eigenvalue weighted by Gasteiger charge is 2.39. The third-order valence-corrected chi connectivity index (χ3v) is 5.23. The normalized spacial score (nSPS) is 22.0. The first-order chi connectivity index (χ1) is 13.5. The summed E-state index contributed by atoms with van der Waals surface area (Å²) in [4.78, 5) is 24.4. The number of alkyl halides is 1. The Morgan fingerprint density at radius 1 is 1.39 bits per heavy atom. The highest BCUT2D eigenvalue weighted by atomic mass is 19.1. The molecule has 1 saturated heterocycles. The Hall–Kier alpha value is -2.94. The first kappa shape index (κ1) is 17.2. The van der Waals surface area contributed by atoms with Gasteiger partial charge in [0.2, 0.25) is 5.91 Å². The molecular weight excluding hydrogens is 363 g/mol. The Balaban J connectivity index is 1.64. The second-order valence-electron chi connectivity index (χ2n) is 7.42. The van der Waals surface area contributed by atoms with Crippen LogP contribution in [0.2, 0.25) is 0 Å². The molecule has 0 spiro atoms. The maximum absolute atomic E-state index is 15.1. The number of primary amides is 1. The van der Waals surface area contributed by atoms with Crippen LogP contribution in [0.5, 0.6) is 0 Å². The van der Waals surface area contributed by atoms with E-state index in [0.717, 1.165) is 29.4 Å². The van der Waals surface area contributed by atoms with Gasteiger partial charge in [-0.3, -0.25) is 9.78 Å². The van der Waals surface area contributed by atoms with Gasteiger partial charge >= 0.3 is 0 Å². The molecule has 1 atom stereocenters. The lowest BCUT2D eigenvalue weighted by Gasteiger charge is -2.16. The van der Waals surface area contributed by atoms with Crippen molar-refractivity contribution in [2.75, 3.05) is 13.2 Å². The summed E-state index contributed by atoms with van der Waals surface area (Å²) < 4.78 is 21.9. The number of rotatable bonds is 5. The predicted molar refractivity (Wildman–Crippen MR) is 97.6 cm³/mol. The summed E-state index contributed by atoms with van der Waals surface area (Å²) in [6, 6.07) is 3.35. The first-order valence-corrected chi connectivity index (χ1v) is 9.30. The molecular formula is C19H19FN6O2. The van der Waals surface area contributed by atoms with Crippen LogP contribution in [0.3, 0.4) is 0 Å². The lowest BCUT2D eigenvalue weighted by molar-refractivity contribution is -0.117. The van der Waals surface area contributed by atoms with Gasteiger partial charge in [0.25, 0.3) is 5.95 Å². The minimum absolute atomic E-state index is 0.0106. The smallest absolute Gasteiger partial charge is 0.251 e. The summed E-state index contributed by atoms with van der Waals surface area (Å²) in [6.45, 7) is 0.359. The number of nitrogens with two attached hydrogens (primary N) is 1. The van der Waals surface area contributed by atoms with Crippen LogP contribution in [0.4, 0.5) is 4.39 Å². The van der Waals surface area contributed by atoms with Gasteiger partial charge in [0.15, 0.2) is 5.67 Å². The molecule has 28 heavy (non-hydrogen) atoms. The van der Waals surface area contributed by atoms with Gasteiger partial charge in [0, 0.05) is 30.1 Å². The van der Waals surface area contributed by atoms with Crippen LogP contribution >= 0.6 is 0 Å². The average Bonchev–Trinajstić information content (AvgIpc) is 3.31. The molecule has 2 aliphatic rings. The first-order valence-electron chi connectivity index (χ1n) is 9.30. The van der Waals surface area contributed by atoms with Crippen molar-refractivity contribution in [2.45, 2.75) is 37.3 Å². The fourth-order valence-electron chi connectivity index (χ4n) is 3.60. The molecule has 3 aromatic heterocycles. The molecule has 1 aliphatic carbocycles. The largest absolute Gasteiger partial charge is 0.378 e. The number of fused-ring (bicyclic) bond motifs is 1. The van der Waals surface area contributed by atoms with Gasteiger partial charge in [-0.25, -0.2) is 14.4 Å². The van der Waals surface area contributed by atoms with E-state index in [4.69, 9.17) is 15.6 Å². The van der Waals surface area contributed by atoms with E-state index < -0.39 is 11.6 Å². The highest BCUT2D eigenvalue weighted by Crippen LogP contribution is 2.42. The predicted octanol–water partition coefficient (Wildman–Crippen LogP) is 1.70. The van der Waals surface area contributed by atoms with Crippen molar-refractivity contribution >= 4 is 16.8 Å². The van der Waals surface area contributed by atoms with Crippen LogP contribution in [0.25, 0.3) is 16.9 Å². The molecule has 0 radical (unpaired) electrons. The highest BCUT2D eigenvalue weighted by molar-refractivity contribution is 5.85. The van der Waals surface area contributed by atoms with Crippen molar-refractivity contribution in [3.63, 3.8) is 0 Å². The maximum Gasteiger partial charge on any atom is 0.251 e. The van der Waals surface area contributed by atoms with E-state index in [1.165, 1.54) is 6.20 Å². The SMILES string of the molecule is NC(=O)Cc1cc2c(cn1)c(C1CC1)nn2-c1nccc(C2(F)CCOC2)n1. The minimum Gasteiger partial charge on any atom is -0.378 e. The zero-order valence-corrected chi connectivity index (χ0v) is 15.1. The Kier molecular flexibility index (Phi) is 3.87. The van der Waals surface area contributed by atoms with Gasteiger partial charge in [0.1, 0.15) is 0 Å². The van der Waals surface area contributed by atoms with Crippen molar-refractivity contribution in [1.82, 2.24) is 24.7 Å². The molecule has 8 nitrogen and oxygen atoms in total. The van der Waals surface area contributed by atoms with Crippen LogP contribution in [0, 0.1) is 0 Å². The number of aromatic nitrogens is 5. The lowest BCUT2D eigenvalue weighted by atomic mass is 10.0. The van der Waals surface area contributed by atoms with Gasteiger partial charge < -0.3 is 10.5 Å². The number of carbonyl (C=O) groups excluding carboxylic acids is 1. The number of halogens is 1. The third kappa shape index (κ3) is 2.91. The number of pyridine rings is 1. The number of hydrogen-bond acceptors (Lipinski definition) is 6. The van der Waals surface area contributed by atoms with E-state index in [-0.39, 0.29) is 31.1 Å². The van der Waals surface area contributed by atoms with Crippen LogP contribution in [0.15, 0.2) is 24.5 Å². The Labute approximate surface area is 159 Å². The molecule has 0 bridgehead atoms. The Morgan fingerprint density at radius 2 is 2.25 bits per heavy atom. The van der Waals surface area contributed by atoms with Crippen LogP contribution in [0.1, 0.15) is 42.3 Å². The van der Waals surface area contributed by atoms with Crippen molar-refractivity contribution in [2.24, 2.45) is 5.73 Å². The number of carbonyl (C=O) groups is 1. The van der Waals surface area contributed by atoms with Crippen molar-refractivity contribution in [1.29, 1.82) is 0 Å². The molecule has 2 fully saturated rings. The van der Waals surface area contributed by atoms with Gasteiger partial charge in [-0.05, 0) is 25.0 Å². The minimum atomic E-state index is -1.61. The van der Waals surface area contributed by atoms with Crippen molar-refractivity contribution in [3.05, 3.63) is 41.6 Å². The summed E-state index contributed by atoms with van der Waals surface area (Å²) in [5.41, 5.74) is 6.20. The van der Waals surface area contributed by atoms with E-state index in [1.54, 1.807) is 23.0 Å². The van der Waals surface area contributed by atoms with E-state index in [0.29, 0.717) is 18.2 Å². The molecule has 9 heteroatoms. The molecule has 1 saturated carbocycles. The van der Waals surface area contributed by atoms with E-state index >= 15 is 4.39 Å². The summed E-state index contributed by atoms with van der Waals surface area (Å²) in [5.74, 6) is 0.209. The van der Waals surface area contributed by atoms with Crippen LogP contribution in [-0.2, 0) is 21.6 Å². The second kappa shape index (κ2) is 6.30. The number of nitrogens with zero attached hydrogens (tertiary/aromatic N) is 5. The quantitative estimate of drug-likeness (QED) is 0.719. The number of hydrogen-bond donors (Lipinski definition) is 1. The summed E-state index contributed by atoms with van der Waals surface area (Å²) in [5, 5.41) is 5.61. The molecule has 1 unspecified atom stereocenters. The average molecular weight is 382 g/mol. The molecule has 144 valence electrons. The molecule has 2 N–H and O–H groups in total. The maximum atomic E-state index is 15.1. The molecule has 5 rings (SSSR count). The third-order valence-electron chi connectivity index (χ3n) is 5.23. The van der Waals surface area contributed by atoms with E-state index in [1.807, 2.05) is 0 Å². The number of amides is 1. The number of ether oxygens (including phenoxy) is 1. The monoisotopic (exact) mass is 382 g/mol. The zero-order chi connectivity index (χ0) is 19.3. The van der Waals surface area contributed by atoms with Gasteiger partial charge in [-0.15, -0.1) is 0 Å². The molecule has 1 amide bonds. The molecule has 1 aliphatic heterocycles. The van der Waals surface area contributed by atoms with Crippen molar-refractivity contribution < 1.29 is 13.9 Å². The fourth-order valence-corrected chi connectivity index (χ4v) is 3.60. The molecule has 0 aromatic carbocycles. The molecule has 3 aromatic rings. The van der Waals surface area contributed by atoms with Crippen LogP contribution in [-0.4, -0.2) is 43.9 Å². The van der Waals surface area contributed by atoms with Crippen LogP contribution < -0.4 is 5.73 Å². The van der Waals surface area contributed by atoms with Gasteiger partial charge in [0.05, 0.1) is 42.2 Å². The summed E-state index contributed by atoms with van der Waals surface area (Å²) in [7, 11) is 0. The van der Waals surface area contributed by atoms with Gasteiger partial charge in [-0.1, -0.05) is 0 Å². The fraction of sp³-hybridized carbons (Fsp3) is 0.421. The topological polar surface area (TPSA) is 109 Å². The van der Waals surface area contributed by atoms with Crippen molar-refractivity contribution in [3.8, 4) is 5.95 Å². The lowest BCUT2D eigenvalue weighted by Crippen LogP contribution is -2.22. The van der Waals surface area contributed by atoms with E-state index in [2.05, 4.69) is 15.0 Å². The van der Waals surface area contributed by atoms with E-state index in [9.17, 15) is 4.79 Å². The van der Waals surface area contributed by atoms with Gasteiger partial charge in [-0.2, -0.15) is 9.78 Å².